The van der Waals surface area contributed by atoms with E-state index >= 15 is 0 Å². The fraction of sp³-hybridized carbons (Fsp3) is 0.588. The number of hydrogen-bond acceptors (Lipinski definition) is 3. The van der Waals surface area contributed by atoms with Gasteiger partial charge in [-0.05, 0) is 18.4 Å². The van der Waals surface area contributed by atoms with E-state index in [0.29, 0.717) is 0 Å². The number of benzene rings is 1. The second kappa shape index (κ2) is 11.6. The summed E-state index contributed by atoms with van der Waals surface area (Å²) in [5, 5.41) is 6.73. The lowest BCUT2D eigenvalue weighted by Gasteiger charge is -2.22. The van der Waals surface area contributed by atoms with Crippen molar-refractivity contribution in [3.8, 4) is 0 Å². The maximum absolute atomic E-state index is 5.19. The Hall–Kier alpha value is -0.860. The van der Waals surface area contributed by atoms with E-state index in [0.717, 1.165) is 44.8 Å². The molecule has 0 aliphatic heterocycles. The number of hydrogen-bond donors (Lipinski definition) is 2. The van der Waals surface area contributed by atoms with E-state index in [1.165, 1.54) is 18.4 Å². The van der Waals surface area contributed by atoms with E-state index in [1.807, 2.05) is 13.1 Å². The lowest BCUT2D eigenvalue weighted by molar-refractivity contribution is 0.144. The number of methoxy groups -OCH3 is 1. The molecule has 2 N–H and O–H groups in total. The average molecular weight is 432 g/mol. The largest absolute Gasteiger partial charge is 0.383 e. The van der Waals surface area contributed by atoms with Crippen molar-refractivity contribution in [2.75, 3.05) is 40.4 Å². The van der Waals surface area contributed by atoms with E-state index in [-0.39, 0.29) is 24.0 Å². The van der Waals surface area contributed by atoms with Gasteiger partial charge in [-0.3, -0.25) is 9.89 Å². The van der Waals surface area contributed by atoms with Gasteiger partial charge >= 0.3 is 0 Å². The van der Waals surface area contributed by atoms with Crippen LogP contribution >= 0.6 is 24.0 Å². The lowest BCUT2D eigenvalue weighted by atomic mass is 10.2. The maximum Gasteiger partial charge on any atom is 0.191 e. The van der Waals surface area contributed by atoms with Gasteiger partial charge in [0.05, 0.1) is 6.61 Å². The molecule has 0 bridgehead atoms. The quantitative estimate of drug-likeness (QED) is 0.357. The first-order valence-corrected chi connectivity index (χ1v) is 8.05. The van der Waals surface area contributed by atoms with Crippen molar-refractivity contribution < 1.29 is 4.74 Å². The van der Waals surface area contributed by atoms with Crippen LogP contribution in [0.5, 0.6) is 0 Å². The number of rotatable bonds is 9. The number of guanidine groups is 1. The van der Waals surface area contributed by atoms with E-state index in [9.17, 15) is 0 Å². The molecule has 2 rings (SSSR count). The van der Waals surface area contributed by atoms with Gasteiger partial charge in [0.1, 0.15) is 0 Å². The predicted octanol–water partition coefficient (Wildman–Crippen LogP) is 2.08. The highest BCUT2D eigenvalue weighted by Crippen LogP contribution is 2.25. The number of ether oxygens (including phenoxy) is 1. The number of halogens is 1. The summed E-state index contributed by atoms with van der Waals surface area (Å²) < 4.78 is 5.19. The Morgan fingerprint density at radius 2 is 1.96 bits per heavy atom. The van der Waals surface area contributed by atoms with Gasteiger partial charge in [0.2, 0.25) is 0 Å². The zero-order chi connectivity index (χ0) is 15.6. The molecule has 1 aliphatic rings. The predicted molar refractivity (Wildman–Crippen MR) is 107 cm³/mol. The highest BCUT2D eigenvalue weighted by Gasteiger charge is 2.28. The third kappa shape index (κ3) is 7.99. The summed E-state index contributed by atoms with van der Waals surface area (Å²) in [6.45, 7) is 4.53. The van der Waals surface area contributed by atoms with Crippen molar-refractivity contribution in [1.82, 2.24) is 15.5 Å². The smallest absolute Gasteiger partial charge is 0.191 e. The number of aliphatic imine (C=N–C) groups is 1. The number of nitrogens with one attached hydrogen (secondary N) is 2. The first-order chi connectivity index (χ1) is 10.8. The van der Waals surface area contributed by atoms with E-state index in [1.54, 1.807) is 7.11 Å². The third-order valence-corrected chi connectivity index (χ3v) is 3.86. The molecule has 6 heteroatoms. The zero-order valence-electron chi connectivity index (χ0n) is 14.1. The molecule has 1 aromatic rings. The van der Waals surface area contributed by atoms with Crippen LogP contribution in [0, 0.1) is 0 Å². The third-order valence-electron chi connectivity index (χ3n) is 3.86. The zero-order valence-corrected chi connectivity index (χ0v) is 16.5. The second-order valence-corrected chi connectivity index (χ2v) is 5.60. The lowest BCUT2D eigenvalue weighted by Crippen LogP contribution is -2.42. The molecule has 0 amide bonds. The Morgan fingerprint density at radius 1 is 1.22 bits per heavy atom. The fourth-order valence-electron chi connectivity index (χ4n) is 2.45. The van der Waals surface area contributed by atoms with E-state index < -0.39 is 0 Å². The minimum atomic E-state index is 0. The van der Waals surface area contributed by atoms with Gasteiger partial charge in [-0.25, -0.2) is 0 Å². The van der Waals surface area contributed by atoms with Gasteiger partial charge in [0.15, 0.2) is 5.96 Å². The van der Waals surface area contributed by atoms with Crippen LogP contribution in [-0.4, -0.2) is 57.3 Å². The van der Waals surface area contributed by atoms with Crippen LogP contribution in [0.15, 0.2) is 35.3 Å². The molecular formula is C17H29IN4O. The van der Waals surface area contributed by atoms with Crippen LogP contribution in [0.4, 0.5) is 0 Å². The van der Waals surface area contributed by atoms with Crippen molar-refractivity contribution in [2.24, 2.45) is 4.99 Å². The number of nitrogens with zero attached hydrogens (tertiary/aromatic N) is 2. The summed E-state index contributed by atoms with van der Waals surface area (Å²) in [6, 6.07) is 11.1. The summed E-state index contributed by atoms with van der Waals surface area (Å²) >= 11 is 0. The van der Waals surface area contributed by atoms with Gasteiger partial charge in [-0.15, -0.1) is 24.0 Å². The van der Waals surface area contributed by atoms with Crippen molar-refractivity contribution in [1.29, 1.82) is 0 Å². The average Bonchev–Trinajstić information content (AvgIpc) is 3.39. The molecule has 23 heavy (non-hydrogen) atoms. The molecule has 0 unspecified atom stereocenters. The normalized spacial score (nSPS) is 14.5. The molecule has 5 nitrogen and oxygen atoms in total. The summed E-state index contributed by atoms with van der Waals surface area (Å²) in [4.78, 5) is 6.77. The molecular weight excluding hydrogens is 403 g/mol. The van der Waals surface area contributed by atoms with Crippen LogP contribution in [0.2, 0.25) is 0 Å². The Morgan fingerprint density at radius 3 is 2.57 bits per heavy atom. The SMILES string of the molecule is CN=C(NCCN(CCOC)C1CC1)NCc1ccccc1.I. The molecule has 1 fully saturated rings. The highest BCUT2D eigenvalue weighted by molar-refractivity contribution is 14.0. The van der Waals surface area contributed by atoms with Crippen molar-refractivity contribution >= 4 is 29.9 Å². The van der Waals surface area contributed by atoms with Gasteiger partial charge in [-0.2, -0.15) is 0 Å². The summed E-state index contributed by atoms with van der Waals surface area (Å²) in [5.41, 5.74) is 1.25. The molecule has 0 heterocycles. The molecule has 1 saturated carbocycles. The molecule has 1 aromatic carbocycles. The first-order valence-electron chi connectivity index (χ1n) is 8.05. The van der Waals surface area contributed by atoms with Crippen molar-refractivity contribution in [3.05, 3.63) is 35.9 Å². The Labute approximate surface area is 156 Å². The van der Waals surface area contributed by atoms with E-state index in [4.69, 9.17) is 4.74 Å². The standard InChI is InChI=1S/C17H28N4O.HI/c1-18-17(20-14-15-6-4-3-5-7-15)19-10-11-21(12-13-22-2)16-8-9-16;/h3-7,16H,8-14H2,1-2H3,(H2,18,19,20);1H. The molecule has 0 atom stereocenters. The minimum Gasteiger partial charge on any atom is -0.383 e. The first kappa shape index (κ1) is 20.2. The minimum absolute atomic E-state index is 0. The molecule has 130 valence electrons. The van der Waals surface area contributed by atoms with Crippen LogP contribution in [0.1, 0.15) is 18.4 Å². The molecule has 0 aromatic heterocycles. The molecule has 0 saturated heterocycles. The van der Waals surface area contributed by atoms with Crippen LogP contribution < -0.4 is 10.6 Å². The Balaban J connectivity index is 0.00000264. The molecule has 1 aliphatic carbocycles. The van der Waals surface area contributed by atoms with Crippen molar-refractivity contribution in [3.63, 3.8) is 0 Å². The van der Waals surface area contributed by atoms with Crippen LogP contribution in [0.3, 0.4) is 0 Å². The summed E-state index contributed by atoms with van der Waals surface area (Å²) in [7, 11) is 3.57. The van der Waals surface area contributed by atoms with E-state index in [2.05, 4.69) is 44.8 Å². The highest BCUT2D eigenvalue weighted by atomic mass is 127. The topological polar surface area (TPSA) is 48.9 Å². The van der Waals surface area contributed by atoms with Gasteiger partial charge < -0.3 is 15.4 Å². The fourth-order valence-corrected chi connectivity index (χ4v) is 2.45. The van der Waals surface area contributed by atoms with Gasteiger partial charge in [0.25, 0.3) is 0 Å². The van der Waals surface area contributed by atoms with Gasteiger partial charge in [-0.1, -0.05) is 30.3 Å². The van der Waals surface area contributed by atoms with Crippen LogP contribution in [-0.2, 0) is 11.3 Å². The monoisotopic (exact) mass is 432 g/mol. The van der Waals surface area contributed by atoms with Crippen molar-refractivity contribution in [2.45, 2.75) is 25.4 Å². The molecule has 0 radical (unpaired) electrons. The van der Waals surface area contributed by atoms with Crippen LogP contribution in [0.25, 0.3) is 0 Å². The Bertz CT molecular complexity index is 451. The van der Waals surface area contributed by atoms with Gasteiger partial charge in [0, 0.05) is 46.4 Å². The Kier molecular flexibility index (Phi) is 10.2. The second-order valence-electron chi connectivity index (χ2n) is 5.60. The molecule has 0 spiro atoms. The maximum atomic E-state index is 5.19. The summed E-state index contributed by atoms with van der Waals surface area (Å²) in [5.74, 6) is 0.853. The summed E-state index contributed by atoms with van der Waals surface area (Å²) in [6.07, 6.45) is 2.65.